The smallest absolute Gasteiger partial charge is 0.386 e. The van der Waals surface area contributed by atoms with E-state index in [4.69, 9.17) is 31.8 Å². The fourth-order valence-corrected chi connectivity index (χ4v) is 4.28. The van der Waals surface area contributed by atoms with Gasteiger partial charge in [0.15, 0.2) is 0 Å². The fraction of sp³-hybridized carbons (Fsp3) is 0.286. The molecule has 0 fully saturated rings. The lowest BCUT2D eigenvalue weighted by molar-refractivity contribution is -0.161. The van der Waals surface area contributed by atoms with Crippen molar-refractivity contribution in [3.05, 3.63) is 45.9 Å². The van der Waals surface area contributed by atoms with Crippen LogP contribution in [0.1, 0.15) is 6.42 Å². The first-order valence-electron chi connectivity index (χ1n) is 12.4. The van der Waals surface area contributed by atoms with Crippen molar-refractivity contribution >= 4 is 94.8 Å². The van der Waals surface area contributed by atoms with Gasteiger partial charge >= 0.3 is 47.8 Å². The van der Waals surface area contributed by atoms with Crippen molar-refractivity contribution in [2.24, 2.45) is 0 Å². The van der Waals surface area contributed by atoms with Crippen molar-refractivity contribution in [3.8, 4) is 24.7 Å². The largest absolute Gasteiger partial charge is 0.454 e. The third-order valence-electron chi connectivity index (χ3n) is 3.81. The summed E-state index contributed by atoms with van der Waals surface area (Å²) in [6, 6.07) is 0. The van der Waals surface area contributed by atoms with Gasteiger partial charge in [-0.3, -0.25) is 9.59 Å². The molecule has 0 aromatic carbocycles. The summed E-state index contributed by atoms with van der Waals surface area (Å²) in [5.41, 5.74) is 0. The summed E-state index contributed by atoms with van der Waals surface area (Å²) in [5.74, 6) is -2.76. The maximum absolute atomic E-state index is 11.7. The highest BCUT2D eigenvalue weighted by Gasteiger charge is 2.12. The molecule has 258 valence electrons. The van der Waals surface area contributed by atoms with E-state index in [-0.39, 0.29) is 11.9 Å². The van der Waals surface area contributed by atoms with Gasteiger partial charge in [-0.25, -0.2) is 28.8 Å². The summed E-state index contributed by atoms with van der Waals surface area (Å²) < 4.78 is 36.8. The molecule has 0 aliphatic carbocycles. The maximum atomic E-state index is 11.7. The SMILES string of the molecule is C#CC(=O)OCOC(=O)/C=C/SCCS/C=C/C(=O)OCOC(=O)/C=C/SCOC(=O)CC(=O)OCS/C=C/C(=O)OCOC(=O)C#C. The van der Waals surface area contributed by atoms with Crippen molar-refractivity contribution in [2.45, 2.75) is 6.42 Å². The molecule has 0 aliphatic rings. The van der Waals surface area contributed by atoms with Crippen LogP contribution in [0.2, 0.25) is 0 Å². The third kappa shape index (κ3) is 28.7. The Labute approximate surface area is 291 Å². The Balaban J connectivity index is 3.85. The van der Waals surface area contributed by atoms with Crippen LogP contribution in [0.5, 0.6) is 0 Å². The van der Waals surface area contributed by atoms with Crippen LogP contribution in [-0.4, -0.2) is 91.5 Å². The van der Waals surface area contributed by atoms with Crippen molar-refractivity contribution in [1.82, 2.24) is 0 Å². The monoisotopic (exact) mass is 746 g/mol. The Hall–Kier alpha value is -4.76. The maximum Gasteiger partial charge on any atom is 0.386 e. The van der Waals surface area contributed by atoms with E-state index < -0.39 is 74.6 Å². The molecule has 0 aliphatic heterocycles. The Kier molecular flexibility index (Phi) is 26.7. The first-order valence-corrected chi connectivity index (χ1v) is 16.6. The molecule has 0 bridgehead atoms. The fourth-order valence-electron chi connectivity index (χ4n) is 1.85. The zero-order valence-electron chi connectivity index (χ0n) is 24.6. The summed E-state index contributed by atoms with van der Waals surface area (Å²) in [5, 5.41) is 5.47. The quantitative estimate of drug-likeness (QED) is 0.0213. The van der Waals surface area contributed by atoms with Crippen molar-refractivity contribution in [1.29, 1.82) is 0 Å². The molecule has 0 radical (unpaired) electrons. The van der Waals surface area contributed by atoms with Gasteiger partial charge in [-0.15, -0.1) is 36.4 Å². The first kappa shape index (κ1) is 43.2. The molecule has 0 unspecified atom stereocenters. The molecule has 0 spiro atoms. The zero-order valence-corrected chi connectivity index (χ0v) is 27.9. The van der Waals surface area contributed by atoms with Gasteiger partial charge in [-0.1, -0.05) is 23.5 Å². The molecule has 20 heteroatoms. The molecule has 0 aromatic rings. The number of ether oxygens (including phenoxy) is 8. The molecular weight excluding hydrogens is 721 g/mol. The molecule has 0 aromatic heterocycles. The second-order valence-electron chi connectivity index (χ2n) is 7.09. The number of hydrogen-bond donors (Lipinski definition) is 0. The average Bonchev–Trinajstić information content (AvgIpc) is 3.05. The van der Waals surface area contributed by atoms with Crippen LogP contribution in [0.3, 0.4) is 0 Å². The minimum Gasteiger partial charge on any atom is -0.454 e. The minimum atomic E-state index is -0.993. The molecule has 48 heavy (non-hydrogen) atoms. The Morgan fingerprint density at radius 2 is 0.771 bits per heavy atom. The van der Waals surface area contributed by atoms with Crippen LogP contribution in [0, 0.1) is 24.7 Å². The molecule has 0 saturated heterocycles. The predicted octanol–water partition coefficient (Wildman–Crippen LogP) is 1.76. The number of carbonyl (C=O) groups is 8. The van der Waals surface area contributed by atoms with Gasteiger partial charge in [0, 0.05) is 47.7 Å². The highest BCUT2D eigenvalue weighted by atomic mass is 32.2. The lowest BCUT2D eigenvalue weighted by atomic mass is 10.4. The molecular formula is C28H26O16S4. The number of rotatable bonds is 23. The summed E-state index contributed by atoms with van der Waals surface area (Å²) in [6.45, 7) is -1.88. The van der Waals surface area contributed by atoms with Crippen molar-refractivity contribution in [2.75, 3.05) is 43.8 Å². The van der Waals surface area contributed by atoms with E-state index in [0.717, 1.165) is 47.8 Å². The second kappa shape index (κ2) is 29.6. The lowest BCUT2D eigenvalue weighted by Crippen LogP contribution is -2.13. The van der Waals surface area contributed by atoms with Crippen LogP contribution in [0.15, 0.2) is 45.9 Å². The number of carbonyl (C=O) groups excluding carboxylic acids is 8. The lowest BCUT2D eigenvalue weighted by Gasteiger charge is -2.04. The van der Waals surface area contributed by atoms with Crippen molar-refractivity contribution in [3.63, 3.8) is 0 Å². The van der Waals surface area contributed by atoms with Gasteiger partial charge in [0.25, 0.3) is 0 Å². The Morgan fingerprint density at radius 3 is 1.10 bits per heavy atom. The van der Waals surface area contributed by atoms with Gasteiger partial charge in [-0.2, -0.15) is 0 Å². The molecule has 0 N–H and O–H groups in total. The molecule has 0 saturated carbocycles. The number of hydrogen-bond acceptors (Lipinski definition) is 20. The van der Waals surface area contributed by atoms with Gasteiger partial charge in [0.1, 0.15) is 18.3 Å². The van der Waals surface area contributed by atoms with Crippen LogP contribution < -0.4 is 0 Å². The second-order valence-corrected chi connectivity index (χ2v) is 10.8. The molecule has 0 rings (SSSR count). The average molecular weight is 747 g/mol. The van der Waals surface area contributed by atoms with E-state index in [2.05, 4.69) is 18.9 Å². The van der Waals surface area contributed by atoms with Gasteiger partial charge in [0.05, 0.1) is 0 Å². The number of terminal acetylenes is 2. The first-order chi connectivity index (χ1) is 23.1. The number of thioether (sulfide) groups is 4. The molecule has 16 nitrogen and oxygen atoms in total. The van der Waals surface area contributed by atoms with E-state index in [0.29, 0.717) is 11.5 Å². The standard InChI is InChI=1S/C28H26O16S4/c1-3-21(29)37-16-39-23(31)5-9-45-13-14-46-10-6-24(32)41-18-42-26(34)8-12-48-20-44-28(36)15-27(35)43-19-47-11-7-25(33)40-17-38-22(30)4-2/h1-2,5-12H,13-20H2/b9-5+,10-6+,11-7+,12-8+. The topological polar surface area (TPSA) is 210 Å². The van der Waals surface area contributed by atoms with Crippen LogP contribution in [-0.2, 0) is 76.3 Å². The van der Waals surface area contributed by atoms with Crippen LogP contribution >= 0.6 is 47.0 Å². The third-order valence-corrected chi connectivity index (χ3v) is 6.77. The predicted molar refractivity (Wildman–Crippen MR) is 172 cm³/mol. The highest BCUT2D eigenvalue weighted by molar-refractivity contribution is 8.05. The summed E-state index contributed by atoms with van der Waals surface area (Å²) >= 11 is 4.37. The van der Waals surface area contributed by atoms with E-state index in [9.17, 15) is 38.4 Å². The van der Waals surface area contributed by atoms with Gasteiger partial charge in [-0.05, 0) is 21.6 Å². The van der Waals surface area contributed by atoms with Crippen molar-refractivity contribution < 1.29 is 76.3 Å². The van der Waals surface area contributed by atoms with Gasteiger partial charge in [0.2, 0.25) is 20.4 Å². The zero-order chi connectivity index (χ0) is 35.8. The minimum absolute atomic E-state index is 0.217. The summed E-state index contributed by atoms with van der Waals surface area (Å²) in [4.78, 5) is 90.6. The molecule has 0 atom stereocenters. The molecule has 0 heterocycles. The normalized spacial score (nSPS) is 10.5. The summed E-state index contributed by atoms with van der Waals surface area (Å²) in [6.07, 6.45) is 13.1. The Bertz CT molecular complexity index is 1320. The molecule has 0 amide bonds. The Morgan fingerprint density at radius 1 is 0.458 bits per heavy atom. The van der Waals surface area contributed by atoms with Crippen LogP contribution in [0.4, 0.5) is 0 Å². The highest BCUT2D eigenvalue weighted by Crippen LogP contribution is 2.10. The summed E-state index contributed by atoms with van der Waals surface area (Å²) in [7, 11) is 0. The van der Waals surface area contributed by atoms with Gasteiger partial charge < -0.3 is 37.9 Å². The van der Waals surface area contributed by atoms with E-state index in [1.54, 1.807) is 11.8 Å². The van der Waals surface area contributed by atoms with E-state index in [1.807, 2.05) is 0 Å². The van der Waals surface area contributed by atoms with E-state index in [1.165, 1.54) is 45.2 Å². The number of esters is 8. The van der Waals surface area contributed by atoms with Crippen LogP contribution in [0.25, 0.3) is 0 Å². The van der Waals surface area contributed by atoms with E-state index >= 15 is 0 Å².